The highest BCUT2D eigenvalue weighted by Gasteiger charge is 2.30. The Kier molecular flexibility index (Phi) is 8.04. The molecule has 7 heteroatoms. The van der Waals surface area contributed by atoms with Gasteiger partial charge in [0.15, 0.2) is 0 Å². The van der Waals surface area contributed by atoms with Gasteiger partial charge in [0.25, 0.3) is 0 Å². The zero-order chi connectivity index (χ0) is 19.0. The second kappa shape index (κ2) is 9.76. The van der Waals surface area contributed by atoms with Gasteiger partial charge in [-0.3, -0.25) is 9.59 Å². The lowest BCUT2D eigenvalue weighted by atomic mass is 9.98. The molecule has 25 heavy (non-hydrogen) atoms. The number of nitrogens with one attached hydrogen (secondary N) is 2. The smallest absolute Gasteiger partial charge is 0.328 e. The maximum Gasteiger partial charge on any atom is 0.328 e. The van der Waals surface area contributed by atoms with Crippen molar-refractivity contribution in [2.45, 2.75) is 45.7 Å². The average Bonchev–Trinajstić information content (AvgIpc) is 2.58. The molecule has 1 aromatic rings. The molecule has 1 aromatic carbocycles. The van der Waals surface area contributed by atoms with Crippen LogP contribution in [-0.2, 0) is 25.5 Å². The van der Waals surface area contributed by atoms with Gasteiger partial charge >= 0.3 is 5.97 Å². The van der Waals surface area contributed by atoms with Gasteiger partial charge < -0.3 is 15.4 Å². The summed E-state index contributed by atoms with van der Waals surface area (Å²) in [4.78, 5) is 35.9. The van der Waals surface area contributed by atoms with E-state index >= 15 is 0 Å². The van der Waals surface area contributed by atoms with Crippen LogP contribution in [0.25, 0.3) is 0 Å². The number of carbonyl (C=O) groups excluding carboxylic acids is 3. The topological polar surface area (TPSA) is 84.5 Å². The Bertz CT molecular complexity index is 621. The van der Waals surface area contributed by atoms with Gasteiger partial charge in [0, 0.05) is 13.3 Å². The van der Waals surface area contributed by atoms with Gasteiger partial charge in [0.05, 0.1) is 7.11 Å². The number of hydrogen-bond acceptors (Lipinski definition) is 4. The van der Waals surface area contributed by atoms with E-state index in [1.165, 1.54) is 20.1 Å². The van der Waals surface area contributed by atoms with E-state index in [9.17, 15) is 18.8 Å². The van der Waals surface area contributed by atoms with Gasteiger partial charge in [0.1, 0.15) is 17.9 Å². The van der Waals surface area contributed by atoms with Crippen LogP contribution in [0.3, 0.4) is 0 Å². The van der Waals surface area contributed by atoms with E-state index in [2.05, 4.69) is 10.6 Å². The molecule has 0 saturated heterocycles. The second-order valence-electron chi connectivity index (χ2n) is 5.94. The van der Waals surface area contributed by atoms with Gasteiger partial charge in [0.2, 0.25) is 11.8 Å². The van der Waals surface area contributed by atoms with Crippen LogP contribution in [0.2, 0.25) is 0 Å². The standard InChI is InChI=1S/C18H25FN2O4/c1-5-11(2)16(18(24)25-4)21-17(23)15(20-12(3)22)10-13-8-6-7-9-14(13)19/h6-9,11,15-16H,5,10H2,1-4H3,(H,20,22)(H,21,23)/t11-,15-,16+/m1/s1. The first kappa shape index (κ1) is 20.6. The highest BCUT2D eigenvalue weighted by Crippen LogP contribution is 2.12. The van der Waals surface area contributed by atoms with Crippen LogP contribution < -0.4 is 10.6 Å². The van der Waals surface area contributed by atoms with E-state index in [0.29, 0.717) is 12.0 Å². The Hall–Kier alpha value is -2.44. The summed E-state index contributed by atoms with van der Waals surface area (Å²) in [7, 11) is 1.24. The SMILES string of the molecule is CC[C@@H](C)[C@H](NC(=O)[C@@H](Cc1ccccc1F)NC(C)=O)C(=O)OC. The van der Waals surface area contributed by atoms with E-state index in [1.807, 2.05) is 13.8 Å². The molecule has 0 aliphatic heterocycles. The molecule has 3 atom stereocenters. The first-order valence-electron chi connectivity index (χ1n) is 8.18. The highest BCUT2D eigenvalue weighted by atomic mass is 19.1. The summed E-state index contributed by atoms with van der Waals surface area (Å²) < 4.78 is 18.6. The molecule has 0 unspecified atom stereocenters. The molecule has 0 spiro atoms. The predicted octanol–water partition coefficient (Wildman–Crippen LogP) is 1.58. The number of benzene rings is 1. The average molecular weight is 352 g/mol. The Morgan fingerprint density at radius 2 is 1.84 bits per heavy atom. The van der Waals surface area contributed by atoms with Gasteiger partial charge in [-0.1, -0.05) is 38.5 Å². The minimum atomic E-state index is -0.995. The molecule has 0 bridgehead atoms. The molecule has 0 aliphatic rings. The van der Waals surface area contributed by atoms with E-state index in [-0.39, 0.29) is 12.3 Å². The third-order valence-electron chi connectivity index (χ3n) is 4.04. The van der Waals surface area contributed by atoms with Crippen LogP contribution in [0.5, 0.6) is 0 Å². The molecule has 0 fully saturated rings. The Morgan fingerprint density at radius 1 is 1.20 bits per heavy atom. The van der Waals surface area contributed by atoms with Crippen LogP contribution in [0.15, 0.2) is 24.3 Å². The van der Waals surface area contributed by atoms with Gasteiger partial charge in [-0.25, -0.2) is 9.18 Å². The molecule has 2 N–H and O–H groups in total. The zero-order valence-electron chi connectivity index (χ0n) is 15.0. The summed E-state index contributed by atoms with van der Waals surface area (Å²) in [6.07, 6.45) is 0.630. The van der Waals surface area contributed by atoms with E-state index < -0.39 is 35.7 Å². The van der Waals surface area contributed by atoms with E-state index in [1.54, 1.807) is 18.2 Å². The number of halogens is 1. The van der Waals surface area contributed by atoms with Crippen molar-refractivity contribution in [2.75, 3.05) is 7.11 Å². The largest absolute Gasteiger partial charge is 0.467 e. The van der Waals surface area contributed by atoms with Crippen molar-refractivity contribution in [3.63, 3.8) is 0 Å². The summed E-state index contributed by atoms with van der Waals surface area (Å²) in [5.74, 6) is -2.15. The number of amides is 2. The lowest BCUT2D eigenvalue weighted by Crippen LogP contribution is -2.54. The Labute approximate surface area is 147 Å². The molecule has 0 radical (unpaired) electrons. The number of esters is 1. The molecule has 0 saturated carbocycles. The second-order valence-corrected chi connectivity index (χ2v) is 5.94. The van der Waals surface area contributed by atoms with Gasteiger partial charge in [-0.2, -0.15) is 0 Å². The fourth-order valence-corrected chi connectivity index (χ4v) is 2.39. The lowest BCUT2D eigenvalue weighted by molar-refractivity contribution is -0.146. The molecule has 2 amide bonds. The molecular formula is C18H25FN2O4. The van der Waals surface area contributed by atoms with Crippen LogP contribution in [0.1, 0.15) is 32.8 Å². The van der Waals surface area contributed by atoms with Crippen molar-refractivity contribution in [1.29, 1.82) is 0 Å². The molecule has 6 nitrogen and oxygen atoms in total. The quantitative estimate of drug-likeness (QED) is 0.696. The monoisotopic (exact) mass is 352 g/mol. The fraction of sp³-hybridized carbons (Fsp3) is 0.500. The van der Waals surface area contributed by atoms with Crippen molar-refractivity contribution in [1.82, 2.24) is 10.6 Å². The minimum absolute atomic E-state index is 0.0213. The molecule has 0 aromatic heterocycles. The maximum absolute atomic E-state index is 13.9. The molecule has 1 rings (SSSR count). The number of methoxy groups -OCH3 is 1. The van der Waals surface area contributed by atoms with Crippen molar-refractivity contribution >= 4 is 17.8 Å². The molecule has 0 aliphatic carbocycles. The first-order chi connectivity index (χ1) is 11.8. The third kappa shape index (κ3) is 6.17. The fourth-order valence-electron chi connectivity index (χ4n) is 2.39. The van der Waals surface area contributed by atoms with Crippen LogP contribution in [0.4, 0.5) is 4.39 Å². The summed E-state index contributed by atoms with van der Waals surface area (Å²) in [6.45, 7) is 4.97. The molecule has 138 valence electrons. The normalized spacial score (nSPS) is 14.1. The van der Waals surface area contributed by atoms with Crippen molar-refractivity contribution in [2.24, 2.45) is 5.92 Å². The zero-order valence-corrected chi connectivity index (χ0v) is 15.0. The van der Waals surface area contributed by atoms with Crippen LogP contribution >= 0.6 is 0 Å². The van der Waals surface area contributed by atoms with Gasteiger partial charge in [-0.15, -0.1) is 0 Å². The Morgan fingerprint density at radius 3 is 2.36 bits per heavy atom. The minimum Gasteiger partial charge on any atom is -0.467 e. The van der Waals surface area contributed by atoms with Gasteiger partial charge in [-0.05, 0) is 17.5 Å². The first-order valence-corrected chi connectivity index (χ1v) is 8.18. The summed E-state index contributed by atoms with van der Waals surface area (Å²) in [6, 6.07) is 4.20. The van der Waals surface area contributed by atoms with E-state index in [4.69, 9.17) is 4.74 Å². The third-order valence-corrected chi connectivity index (χ3v) is 4.04. The predicted molar refractivity (Wildman–Crippen MR) is 91.1 cm³/mol. The Balaban J connectivity index is 2.97. The van der Waals surface area contributed by atoms with Crippen molar-refractivity contribution in [3.8, 4) is 0 Å². The molecule has 0 heterocycles. The van der Waals surface area contributed by atoms with Crippen molar-refractivity contribution < 1.29 is 23.5 Å². The van der Waals surface area contributed by atoms with E-state index in [0.717, 1.165) is 0 Å². The van der Waals surface area contributed by atoms with Crippen LogP contribution in [-0.4, -0.2) is 37.0 Å². The van der Waals surface area contributed by atoms with Crippen molar-refractivity contribution in [3.05, 3.63) is 35.6 Å². The lowest BCUT2D eigenvalue weighted by Gasteiger charge is -2.25. The number of carbonyl (C=O) groups is 3. The maximum atomic E-state index is 13.9. The number of hydrogen-bond donors (Lipinski definition) is 2. The summed E-state index contributed by atoms with van der Waals surface area (Å²) in [5.41, 5.74) is 0.301. The highest BCUT2D eigenvalue weighted by molar-refractivity contribution is 5.90. The number of rotatable bonds is 8. The number of ether oxygens (including phenoxy) is 1. The summed E-state index contributed by atoms with van der Waals surface area (Å²) in [5, 5.41) is 5.12. The summed E-state index contributed by atoms with van der Waals surface area (Å²) >= 11 is 0. The van der Waals surface area contributed by atoms with Crippen LogP contribution in [0, 0.1) is 11.7 Å². The molecular weight excluding hydrogens is 327 g/mol.